The van der Waals surface area contributed by atoms with Gasteiger partial charge in [-0.1, -0.05) is 42.5 Å². The summed E-state index contributed by atoms with van der Waals surface area (Å²) in [6.07, 6.45) is 0. The second-order valence-electron chi connectivity index (χ2n) is 4.97. The zero-order chi connectivity index (χ0) is 13.7. The van der Waals surface area contributed by atoms with E-state index in [9.17, 15) is 10.2 Å². The van der Waals surface area contributed by atoms with E-state index in [1.807, 2.05) is 36.4 Å². The highest BCUT2D eigenvalue weighted by Gasteiger charge is 2.10. The van der Waals surface area contributed by atoms with E-state index in [1.165, 1.54) is 17.5 Å². The van der Waals surface area contributed by atoms with Gasteiger partial charge in [0.2, 0.25) is 0 Å². The van der Waals surface area contributed by atoms with Gasteiger partial charge in [-0.25, -0.2) is 0 Å². The van der Waals surface area contributed by atoms with Gasteiger partial charge in [-0.15, -0.1) is 0 Å². The number of aromatic hydroxyl groups is 2. The first kappa shape index (κ1) is 11.1. The molecule has 4 aromatic carbocycles. The molecule has 0 radical (unpaired) electrons. The zero-order valence-corrected chi connectivity index (χ0v) is 10.7. The lowest BCUT2D eigenvalue weighted by Crippen LogP contribution is -1.82. The Bertz CT molecular complexity index is 971. The second-order valence-corrected chi connectivity index (χ2v) is 4.97. The summed E-state index contributed by atoms with van der Waals surface area (Å²) >= 11 is 0. The predicted octanol–water partition coefficient (Wildman–Crippen LogP) is 4.56. The van der Waals surface area contributed by atoms with E-state index in [2.05, 4.69) is 12.1 Å². The largest absolute Gasteiger partial charge is 0.507 e. The summed E-state index contributed by atoms with van der Waals surface area (Å²) < 4.78 is 0. The summed E-state index contributed by atoms with van der Waals surface area (Å²) in [6.45, 7) is 0. The van der Waals surface area contributed by atoms with Crippen molar-refractivity contribution in [1.29, 1.82) is 0 Å². The lowest BCUT2D eigenvalue weighted by molar-refractivity contribution is 0.470. The van der Waals surface area contributed by atoms with Crippen molar-refractivity contribution in [3.8, 4) is 11.5 Å². The smallest absolute Gasteiger partial charge is 0.124 e. The van der Waals surface area contributed by atoms with Gasteiger partial charge in [0.15, 0.2) is 0 Å². The van der Waals surface area contributed by atoms with Crippen LogP contribution < -0.4 is 0 Å². The second kappa shape index (κ2) is 3.87. The van der Waals surface area contributed by atoms with E-state index in [4.69, 9.17) is 0 Å². The Morgan fingerprint density at radius 3 is 2.10 bits per heavy atom. The molecule has 0 fully saturated rings. The minimum atomic E-state index is 0.188. The van der Waals surface area contributed by atoms with E-state index in [-0.39, 0.29) is 11.5 Å². The van der Waals surface area contributed by atoms with Crippen molar-refractivity contribution in [1.82, 2.24) is 0 Å². The van der Waals surface area contributed by atoms with Crippen LogP contribution in [0.3, 0.4) is 0 Å². The minimum Gasteiger partial charge on any atom is -0.507 e. The summed E-state index contributed by atoms with van der Waals surface area (Å²) in [5, 5.41) is 25.8. The molecule has 0 atom stereocenters. The van der Waals surface area contributed by atoms with Crippen LogP contribution in [-0.4, -0.2) is 10.2 Å². The Labute approximate surface area is 115 Å². The van der Waals surface area contributed by atoms with Crippen molar-refractivity contribution in [3.05, 3.63) is 60.7 Å². The highest BCUT2D eigenvalue weighted by atomic mass is 16.3. The number of rotatable bonds is 0. The van der Waals surface area contributed by atoms with E-state index >= 15 is 0 Å². The number of benzene rings is 4. The number of hydrogen-bond donors (Lipinski definition) is 2. The van der Waals surface area contributed by atoms with Gasteiger partial charge in [0.25, 0.3) is 0 Å². The zero-order valence-electron chi connectivity index (χ0n) is 10.7. The molecule has 0 bridgehead atoms. The average molecular weight is 260 g/mol. The average Bonchev–Trinajstić information content (AvgIpc) is 2.50. The molecule has 0 aliphatic carbocycles. The third-order valence-corrected chi connectivity index (χ3v) is 3.86. The van der Waals surface area contributed by atoms with Crippen LogP contribution in [0.5, 0.6) is 11.5 Å². The Hall–Kier alpha value is -2.74. The molecule has 20 heavy (non-hydrogen) atoms. The van der Waals surface area contributed by atoms with Crippen LogP contribution in [0.2, 0.25) is 0 Å². The van der Waals surface area contributed by atoms with Crippen LogP contribution in [0.1, 0.15) is 0 Å². The van der Waals surface area contributed by atoms with Crippen LogP contribution in [-0.2, 0) is 0 Å². The summed E-state index contributed by atoms with van der Waals surface area (Å²) in [7, 11) is 0. The molecule has 0 heterocycles. The van der Waals surface area contributed by atoms with Gasteiger partial charge in [-0.05, 0) is 39.7 Å². The monoisotopic (exact) mass is 260 g/mol. The fourth-order valence-electron chi connectivity index (χ4n) is 2.91. The Morgan fingerprint density at radius 2 is 1.20 bits per heavy atom. The number of phenols is 2. The number of fused-ring (bicyclic) bond motifs is 5. The number of phenolic OH excluding ortho intramolecular Hbond substituents is 2. The van der Waals surface area contributed by atoms with Gasteiger partial charge < -0.3 is 10.2 Å². The van der Waals surface area contributed by atoms with Gasteiger partial charge in [-0.2, -0.15) is 0 Å². The molecule has 0 amide bonds. The van der Waals surface area contributed by atoms with Crippen LogP contribution in [0.15, 0.2) is 60.7 Å². The first-order valence-corrected chi connectivity index (χ1v) is 6.51. The Balaban J connectivity index is 2.32. The van der Waals surface area contributed by atoms with Crippen LogP contribution in [0.25, 0.3) is 32.3 Å². The van der Waals surface area contributed by atoms with Crippen molar-refractivity contribution in [3.63, 3.8) is 0 Å². The highest BCUT2D eigenvalue weighted by Crippen LogP contribution is 2.39. The van der Waals surface area contributed by atoms with Crippen LogP contribution in [0, 0.1) is 0 Å². The van der Waals surface area contributed by atoms with Crippen LogP contribution in [0.4, 0.5) is 0 Å². The molecule has 0 unspecified atom stereocenters. The van der Waals surface area contributed by atoms with Crippen molar-refractivity contribution in [2.24, 2.45) is 0 Å². The molecule has 0 aliphatic rings. The molecular formula is C18H12O2. The van der Waals surface area contributed by atoms with E-state index in [1.54, 1.807) is 0 Å². The molecule has 2 nitrogen and oxygen atoms in total. The molecule has 0 spiro atoms. The fraction of sp³-hybridized carbons (Fsp3) is 0. The standard InChI is InChI=1S/C18H12O2/c19-16-9-10-17(20)18-14-6-5-11-3-1-2-4-12(11)13(14)7-8-15(16)18/h1-10,19-20H. The molecule has 2 heteroatoms. The summed E-state index contributed by atoms with van der Waals surface area (Å²) in [6, 6.07) is 19.1. The quantitative estimate of drug-likeness (QED) is 0.359. The normalized spacial score (nSPS) is 11.4. The summed E-state index contributed by atoms with van der Waals surface area (Å²) in [4.78, 5) is 0. The third-order valence-electron chi connectivity index (χ3n) is 3.86. The maximum absolute atomic E-state index is 10.2. The van der Waals surface area contributed by atoms with E-state index in [0.29, 0.717) is 10.8 Å². The molecule has 2 N–H and O–H groups in total. The molecule has 0 saturated carbocycles. The van der Waals surface area contributed by atoms with E-state index in [0.717, 1.165) is 16.2 Å². The SMILES string of the molecule is Oc1ccc(O)c2c1ccc1c3ccccc3ccc12. The van der Waals surface area contributed by atoms with Gasteiger partial charge in [0, 0.05) is 10.8 Å². The maximum atomic E-state index is 10.2. The summed E-state index contributed by atoms with van der Waals surface area (Å²) in [5.74, 6) is 0.381. The fourth-order valence-corrected chi connectivity index (χ4v) is 2.91. The van der Waals surface area contributed by atoms with Crippen molar-refractivity contribution in [2.45, 2.75) is 0 Å². The molecule has 96 valence electrons. The lowest BCUT2D eigenvalue weighted by Gasteiger charge is -2.09. The van der Waals surface area contributed by atoms with Crippen molar-refractivity contribution in [2.75, 3.05) is 0 Å². The van der Waals surface area contributed by atoms with E-state index < -0.39 is 0 Å². The first-order chi connectivity index (χ1) is 9.75. The minimum absolute atomic E-state index is 0.188. The van der Waals surface area contributed by atoms with Gasteiger partial charge in [-0.3, -0.25) is 0 Å². The van der Waals surface area contributed by atoms with Crippen molar-refractivity contribution >= 4 is 32.3 Å². The molecule has 0 saturated heterocycles. The first-order valence-electron chi connectivity index (χ1n) is 6.51. The van der Waals surface area contributed by atoms with Crippen LogP contribution >= 0.6 is 0 Å². The Morgan fingerprint density at radius 1 is 0.500 bits per heavy atom. The third kappa shape index (κ3) is 1.39. The Kier molecular flexibility index (Phi) is 2.15. The molecule has 0 aromatic heterocycles. The van der Waals surface area contributed by atoms with Gasteiger partial charge >= 0.3 is 0 Å². The summed E-state index contributed by atoms with van der Waals surface area (Å²) in [5.41, 5.74) is 0. The molecule has 4 rings (SSSR count). The molecular weight excluding hydrogens is 248 g/mol. The lowest BCUT2D eigenvalue weighted by atomic mass is 9.96. The highest BCUT2D eigenvalue weighted by molar-refractivity contribution is 6.19. The topological polar surface area (TPSA) is 40.5 Å². The van der Waals surface area contributed by atoms with Gasteiger partial charge in [0.05, 0.1) is 0 Å². The molecule has 0 aliphatic heterocycles. The van der Waals surface area contributed by atoms with Gasteiger partial charge in [0.1, 0.15) is 11.5 Å². The maximum Gasteiger partial charge on any atom is 0.124 e. The van der Waals surface area contributed by atoms with Crippen molar-refractivity contribution < 1.29 is 10.2 Å². The predicted molar refractivity (Wildman–Crippen MR) is 82.3 cm³/mol. The number of hydrogen-bond acceptors (Lipinski definition) is 2. The molecule has 4 aromatic rings.